The Kier molecular flexibility index (Phi) is 9.68. The average molecular weight is 591 g/mol. The minimum absolute atomic E-state index is 0.0238. The zero-order valence-electron chi connectivity index (χ0n) is 22.1. The molecule has 0 bridgehead atoms. The fourth-order valence-corrected chi connectivity index (χ4v) is 4.58. The normalized spacial score (nSPS) is 12.7. The number of aromatic amines is 1. The fraction of sp³-hybridized carbons (Fsp3) is 0.280. The van der Waals surface area contributed by atoms with Crippen molar-refractivity contribution in [3.05, 3.63) is 76.1 Å². The second kappa shape index (κ2) is 13.4. The number of nitrogens with one attached hydrogen (secondary N) is 1. The third-order valence-electron chi connectivity index (χ3n) is 5.51. The molecule has 0 aliphatic rings. The maximum Gasteiger partial charge on any atom is 0.515 e. The van der Waals surface area contributed by atoms with Gasteiger partial charge in [-0.25, -0.2) is 14.2 Å². The van der Waals surface area contributed by atoms with Crippen LogP contribution in [0.25, 0.3) is 11.2 Å². The van der Waals surface area contributed by atoms with Crippen LogP contribution in [0.1, 0.15) is 11.1 Å². The lowest BCUT2D eigenvalue weighted by Gasteiger charge is -2.19. The molecule has 0 spiro atoms. The largest absolute Gasteiger partial charge is 0.515 e. The molecular weight excluding hydrogens is 564 g/mol. The van der Waals surface area contributed by atoms with Crippen molar-refractivity contribution in [1.82, 2.24) is 19.5 Å². The fourth-order valence-electron chi connectivity index (χ4n) is 3.44. The molecule has 4 rings (SSSR count). The van der Waals surface area contributed by atoms with E-state index in [2.05, 4.69) is 15.0 Å². The van der Waals surface area contributed by atoms with E-state index >= 15 is 0 Å². The Morgan fingerprint density at radius 2 is 1.95 bits per heavy atom. The summed E-state index contributed by atoms with van der Waals surface area (Å²) in [4.78, 5) is 34.4. The van der Waals surface area contributed by atoms with Crippen molar-refractivity contribution in [3.63, 3.8) is 0 Å². The molecule has 4 aromatic rings. The summed E-state index contributed by atoms with van der Waals surface area (Å²) < 4.78 is 60.1. The van der Waals surface area contributed by atoms with Crippen LogP contribution in [-0.4, -0.2) is 52.5 Å². The van der Waals surface area contributed by atoms with Crippen molar-refractivity contribution < 1.29 is 41.7 Å². The second-order valence-electron chi connectivity index (χ2n) is 8.51. The lowest BCUT2D eigenvalue weighted by atomic mass is 10.2. The van der Waals surface area contributed by atoms with Gasteiger partial charge in [0.05, 0.1) is 26.7 Å². The molecule has 41 heavy (non-hydrogen) atoms. The molecule has 218 valence electrons. The minimum Gasteiger partial charge on any atom is -0.494 e. The first kappa shape index (κ1) is 29.7. The number of hydrogen-bond donors (Lipinski definition) is 2. The van der Waals surface area contributed by atoms with E-state index in [1.165, 1.54) is 30.1 Å². The number of anilines is 1. The molecule has 0 saturated heterocycles. The molecule has 2 aromatic carbocycles. The van der Waals surface area contributed by atoms with Gasteiger partial charge in [0.2, 0.25) is 12.7 Å². The standard InChI is InChI=1S/C25H27FN5O9P/c1-16-3-6-18(7-4-16)40-25(33)37-14-39-41(34,38-12-17-5-8-20(35-2)19(26)11-17)15-36-10-9-31-13-28-21-22(31)29-24(27)30-23(21)32/h3-8,11,13H,9-10,12,14-15H2,1-2H3,(H3,27,29,30,32). The number of fused-ring (bicyclic) bond motifs is 1. The number of carbonyl (C=O) groups excluding carboxylic acids is 1. The number of rotatable bonds is 13. The maximum absolute atomic E-state index is 14.1. The van der Waals surface area contributed by atoms with Crippen LogP contribution in [0.5, 0.6) is 11.5 Å². The Bertz CT molecular complexity index is 1610. The predicted molar refractivity (Wildman–Crippen MR) is 143 cm³/mol. The second-order valence-corrected chi connectivity index (χ2v) is 10.5. The van der Waals surface area contributed by atoms with Crippen molar-refractivity contribution >= 4 is 30.9 Å². The number of aryl methyl sites for hydroxylation is 1. The van der Waals surface area contributed by atoms with Crippen molar-refractivity contribution in [3.8, 4) is 11.5 Å². The number of hydrogen-bond acceptors (Lipinski definition) is 12. The van der Waals surface area contributed by atoms with Gasteiger partial charge in [0, 0.05) is 6.54 Å². The van der Waals surface area contributed by atoms with Gasteiger partial charge in [0.1, 0.15) is 12.1 Å². The quantitative estimate of drug-likeness (QED) is 0.0758. The molecule has 1 atom stereocenters. The van der Waals surface area contributed by atoms with Gasteiger partial charge in [-0.3, -0.25) is 18.9 Å². The molecule has 14 nitrogen and oxygen atoms in total. The number of aromatic nitrogens is 4. The average Bonchev–Trinajstić information content (AvgIpc) is 3.34. The molecule has 0 aliphatic carbocycles. The number of H-pyrrole nitrogens is 1. The van der Waals surface area contributed by atoms with E-state index in [0.717, 1.165) is 11.6 Å². The van der Waals surface area contributed by atoms with Gasteiger partial charge >= 0.3 is 13.8 Å². The monoisotopic (exact) mass is 591 g/mol. The number of ether oxygens (including phenoxy) is 4. The number of nitrogens with zero attached hydrogens (tertiary/aromatic N) is 3. The number of nitrogens with two attached hydrogens (primary N) is 1. The van der Waals surface area contributed by atoms with Crippen LogP contribution < -0.4 is 20.8 Å². The third-order valence-corrected chi connectivity index (χ3v) is 7.03. The lowest BCUT2D eigenvalue weighted by Crippen LogP contribution is -2.15. The molecule has 2 aromatic heterocycles. The Hall–Kier alpha value is -4.30. The number of methoxy groups -OCH3 is 1. The summed E-state index contributed by atoms with van der Waals surface area (Å²) in [7, 11) is -2.73. The van der Waals surface area contributed by atoms with Crippen LogP contribution in [0.15, 0.2) is 53.6 Å². The summed E-state index contributed by atoms with van der Waals surface area (Å²) in [5.41, 5.74) is 6.76. The molecule has 2 heterocycles. The highest BCUT2D eigenvalue weighted by atomic mass is 31.2. The van der Waals surface area contributed by atoms with Crippen LogP contribution in [0, 0.1) is 12.7 Å². The molecule has 0 aliphatic heterocycles. The first-order valence-electron chi connectivity index (χ1n) is 12.1. The van der Waals surface area contributed by atoms with Gasteiger partial charge in [-0.15, -0.1) is 0 Å². The van der Waals surface area contributed by atoms with Crippen LogP contribution in [0.2, 0.25) is 0 Å². The number of benzene rings is 2. The summed E-state index contributed by atoms with van der Waals surface area (Å²) in [5, 5.41) is 0. The van der Waals surface area contributed by atoms with Crippen LogP contribution in [0.4, 0.5) is 15.1 Å². The number of nitrogen functional groups attached to an aromatic ring is 1. The van der Waals surface area contributed by atoms with Crippen LogP contribution in [0.3, 0.4) is 0 Å². The van der Waals surface area contributed by atoms with Gasteiger partial charge in [-0.2, -0.15) is 4.98 Å². The van der Waals surface area contributed by atoms with E-state index in [-0.39, 0.29) is 48.4 Å². The van der Waals surface area contributed by atoms with Crippen molar-refractivity contribution in [2.75, 3.05) is 32.6 Å². The molecule has 1 unspecified atom stereocenters. The molecular formula is C25H27FN5O9P. The Morgan fingerprint density at radius 3 is 2.68 bits per heavy atom. The van der Waals surface area contributed by atoms with Gasteiger partial charge in [-0.1, -0.05) is 23.8 Å². The molecule has 16 heteroatoms. The highest BCUT2D eigenvalue weighted by Crippen LogP contribution is 2.49. The predicted octanol–water partition coefficient (Wildman–Crippen LogP) is 3.73. The highest BCUT2D eigenvalue weighted by Gasteiger charge is 2.27. The first-order valence-corrected chi connectivity index (χ1v) is 13.8. The van der Waals surface area contributed by atoms with E-state index in [1.807, 2.05) is 6.92 Å². The van der Waals surface area contributed by atoms with Gasteiger partial charge in [0.25, 0.3) is 5.56 Å². The van der Waals surface area contributed by atoms with E-state index in [9.17, 15) is 18.5 Å². The maximum atomic E-state index is 14.1. The Labute approximate surface area is 232 Å². The summed E-state index contributed by atoms with van der Waals surface area (Å²) in [5.74, 6) is -0.437. The number of imidazole rings is 1. The van der Waals surface area contributed by atoms with E-state index in [4.69, 9.17) is 33.7 Å². The zero-order valence-corrected chi connectivity index (χ0v) is 23.0. The third kappa shape index (κ3) is 8.11. The summed E-state index contributed by atoms with van der Waals surface area (Å²) in [6, 6.07) is 10.7. The van der Waals surface area contributed by atoms with Crippen molar-refractivity contribution in [1.29, 1.82) is 0 Å². The summed E-state index contributed by atoms with van der Waals surface area (Å²) >= 11 is 0. The smallest absolute Gasteiger partial charge is 0.494 e. The van der Waals surface area contributed by atoms with Gasteiger partial charge in [-0.05, 0) is 36.8 Å². The van der Waals surface area contributed by atoms with E-state index in [0.29, 0.717) is 5.56 Å². The summed E-state index contributed by atoms with van der Waals surface area (Å²) in [6.07, 6.45) is -0.258. The molecule has 0 fully saturated rings. The summed E-state index contributed by atoms with van der Waals surface area (Å²) in [6.45, 7) is 0.925. The minimum atomic E-state index is -4.06. The number of carbonyl (C=O) groups is 1. The molecule has 0 saturated carbocycles. The molecule has 3 N–H and O–H groups in total. The first-order chi connectivity index (χ1) is 19.7. The van der Waals surface area contributed by atoms with Crippen molar-refractivity contribution in [2.24, 2.45) is 0 Å². The van der Waals surface area contributed by atoms with E-state index < -0.39 is 38.3 Å². The highest BCUT2D eigenvalue weighted by molar-refractivity contribution is 7.53. The van der Waals surface area contributed by atoms with Gasteiger partial charge < -0.3 is 33.8 Å². The van der Waals surface area contributed by atoms with Crippen LogP contribution in [-0.2, 0) is 36.2 Å². The van der Waals surface area contributed by atoms with Crippen LogP contribution >= 0.6 is 7.60 Å². The van der Waals surface area contributed by atoms with E-state index in [1.54, 1.807) is 24.3 Å². The van der Waals surface area contributed by atoms with Gasteiger partial charge in [0.15, 0.2) is 22.7 Å². The zero-order chi connectivity index (χ0) is 29.4. The number of halogens is 1. The Morgan fingerprint density at radius 1 is 1.17 bits per heavy atom. The molecule has 0 amide bonds. The Balaban J connectivity index is 1.36. The lowest BCUT2D eigenvalue weighted by molar-refractivity contribution is 0.0154. The molecule has 0 radical (unpaired) electrons. The van der Waals surface area contributed by atoms with Crippen molar-refractivity contribution in [2.45, 2.75) is 20.1 Å². The SMILES string of the molecule is COc1ccc(COP(=O)(COCCn2cnc3c(=O)[nH]c(N)nc32)OCOC(=O)Oc2ccc(C)cc2)cc1F. The topological polar surface area (TPSA) is 179 Å².